The molecule has 0 saturated heterocycles. The number of hydrogen-bond acceptors (Lipinski definition) is 4. The molecule has 1 heterocycles. The molecule has 0 spiro atoms. The third-order valence-corrected chi connectivity index (χ3v) is 4.29. The maximum Gasteiger partial charge on any atom is 0.0925 e. The zero-order valence-corrected chi connectivity index (χ0v) is 12.4. The molecular weight excluding hydrogens is 230 g/mol. The van der Waals surface area contributed by atoms with Crippen molar-refractivity contribution in [3.63, 3.8) is 0 Å². The van der Waals surface area contributed by atoms with E-state index in [9.17, 15) is 0 Å². The van der Waals surface area contributed by atoms with Crippen LogP contribution in [0.15, 0.2) is 11.6 Å². The molecule has 0 aliphatic heterocycles. The lowest BCUT2D eigenvalue weighted by Gasteiger charge is -2.39. The molecule has 0 aliphatic carbocycles. The predicted molar refractivity (Wildman–Crippen MR) is 75.1 cm³/mol. The Morgan fingerprint density at radius 1 is 1.24 bits per heavy atom. The first-order valence-corrected chi connectivity index (χ1v) is 7.09. The van der Waals surface area contributed by atoms with Crippen molar-refractivity contribution in [3.8, 4) is 0 Å². The van der Waals surface area contributed by atoms with E-state index in [2.05, 4.69) is 50.5 Å². The van der Waals surface area contributed by atoms with Crippen LogP contribution in [0.3, 0.4) is 0 Å². The van der Waals surface area contributed by atoms with Crippen molar-refractivity contribution in [2.45, 2.75) is 53.0 Å². The summed E-state index contributed by atoms with van der Waals surface area (Å²) < 4.78 is 0. The number of hydrogen-bond donors (Lipinski definition) is 2. The minimum atomic E-state index is 0.0776. The Morgan fingerprint density at radius 3 is 2.47 bits per heavy atom. The molecule has 98 valence electrons. The number of hydrazine groups is 1. The van der Waals surface area contributed by atoms with Gasteiger partial charge in [-0.05, 0) is 25.7 Å². The van der Waals surface area contributed by atoms with Crippen LogP contribution in [0.2, 0.25) is 0 Å². The fourth-order valence-electron chi connectivity index (χ4n) is 1.18. The Morgan fingerprint density at radius 2 is 1.94 bits per heavy atom. The number of aromatic nitrogens is 1. The van der Waals surface area contributed by atoms with E-state index in [1.165, 1.54) is 5.01 Å². The van der Waals surface area contributed by atoms with Crippen LogP contribution in [0.5, 0.6) is 0 Å². The second-order valence-electron chi connectivity index (χ2n) is 5.96. The number of rotatable bonds is 6. The molecule has 0 atom stereocenters. The van der Waals surface area contributed by atoms with Gasteiger partial charge in [0.05, 0.1) is 5.01 Å². The van der Waals surface area contributed by atoms with Gasteiger partial charge in [-0.2, -0.15) is 0 Å². The van der Waals surface area contributed by atoms with Crippen LogP contribution in [-0.2, 0) is 6.42 Å². The third kappa shape index (κ3) is 4.74. The molecule has 1 aromatic rings. The van der Waals surface area contributed by atoms with E-state index < -0.39 is 0 Å². The van der Waals surface area contributed by atoms with Crippen LogP contribution in [-0.4, -0.2) is 17.1 Å². The summed E-state index contributed by atoms with van der Waals surface area (Å²) in [6.07, 6.45) is 4.04. The van der Waals surface area contributed by atoms with Gasteiger partial charge in [0.1, 0.15) is 0 Å². The summed E-state index contributed by atoms with van der Waals surface area (Å²) in [5.74, 6) is 0. The summed E-state index contributed by atoms with van der Waals surface area (Å²) in [7, 11) is 0. The summed E-state index contributed by atoms with van der Waals surface area (Å²) in [5.41, 5.74) is 7.04. The summed E-state index contributed by atoms with van der Waals surface area (Å²) >= 11 is 1.73. The van der Waals surface area contributed by atoms with Crippen LogP contribution in [0.1, 0.15) is 46.0 Å². The van der Waals surface area contributed by atoms with Gasteiger partial charge in [-0.15, -0.1) is 11.3 Å². The molecule has 0 aliphatic rings. The van der Waals surface area contributed by atoms with Crippen LogP contribution < -0.4 is 10.9 Å². The SMILES string of the molecule is CC(C)(C)C(C)(C)NNCCCc1nccs1. The topological polar surface area (TPSA) is 37.0 Å². The summed E-state index contributed by atoms with van der Waals surface area (Å²) in [4.78, 5) is 4.27. The molecule has 1 aromatic heterocycles. The molecular formula is C13H25N3S. The van der Waals surface area contributed by atoms with Crippen molar-refractivity contribution in [1.29, 1.82) is 0 Å². The fraction of sp³-hybridized carbons (Fsp3) is 0.769. The molecule has 0 radical (unpaired) electrons. The van der Waals surface area contributed by atoms with Crippen LogP contribution >= 0.6 is 11.3 Å². The van der Waals surface area contributed by atoms with Gasteiger partial charge >= 0.3 is 0 Å². The maximum absolute atomic E-state index is 4.27. The quantitative estimate of drug-likeness (QED) is 0.606. The van der Waals surface area contributed by atoms with Gasteiger partial charge in [0, 0.05) is 30.1 Å². The van der Waals surface area contributed by atoms with Gasteiger partial charge in [-0.3, -0.25) is 10.9 Å². The highest BCUT2D eigenvalue weighted by atomic mass is 32.1. The van der Waals surface area contributed by atoms with E-state index >= 15 is 0 Å². The first-order chi connectivity index (χ1) is 7.83. The second kappa shape index (κ2) is 5.94. The van der Waals surface area contributed by atoms with Crippen molar-refractivity contribution in [2.75, 3.05) is 6.54 Å². The van der Waals surface area contributed by atoms with E-state index in [0.29, 0.717) is 0 Å². The highest BCUT2D eigenvalue weighted by molar-refractivity contribution is 7.09. The number of aryl methyl sites for hydroxylation is 1. The van der Waals surface area contributed by atoms with E-state index in [1.54, 1.807) is 11.3 Å². The average Bonchev–Trinajstić information content (AvgIpc) is 2.68. The Balaban J connectivity index is 2.16. The number of thiazole rings is 1. The summed E-state index contributed by atoms with van der Waals surface area (Å²) in [6, 6.07) is 0. The molecule has 0 saturated carbocycles. The smallest absolute Gasteiger partial charge is 0.0925 e. The Kier molecular flexibility index (Phi) is 5.10. The van der Waals surface area contributed by atoms with Crippen LogP contribution in [0, 0.1) is 5.41 Å². The van der Waals surface area contributed by atoms with Gasteiger partial charge in [0.25, 0.3) is 0 Å². The molecule has 17 heavy (non-hydrogen) atoms. The van der Waals surface area contributed by atoms with E-state index in [-0.39, 0.29) is 11.0 Å². The second-order valence-corrected chi connectivity index (χ2v) is 6.94. The first kappa shape index (κ1) is 14.6. The molecule has 0 amide bonds. The molecule has 0 unspecified atom stereocenters. The maximum atomic E-state index is 4.27. The third-order valence-electron chi connectivity index (χ3n) is 3.45. The average molecular weight is 255 g/mol. The zero-order chi connectivity index (χ0) is 12.9. The van der Waals surface area contributed by atoms with Gasteiger partial charge in [-0.25, -0.2) is 4.98 Å². The summed E-state index contributed by atoms with van der Waals surface area (Å²) in [6.45, 7) is 12.2. The standard InChI is InChI=1S/C13H25N3S/c1-12(2,3)13(4,5)16-15-8-6-7-11-14-9-10-17-11/h9-10,15-16H,6-8H2,1-5H3. The van der Waals surface area contributed by atoms with Crippen molar-refractivity contribution in [3.05, 3.63) is 16.6 Å². The Labute approximate surface area is 109 Å². The van der Waals surface area contributed by atoms with Crippen LogP contribution in [0.25, 0.3) is 0 Å². The van der Waals surface area contributed by atoms with Gasteiger partial charge < -0.3 is 0 Å². The lowest BCUT2D eigenvalue weighted by atomic mass is 9.77. The molecule has 0 fully saturated rings. The monoisotopic (exact) mass is 255 g/mol. The molecule has 0 aromatic carbocycles. The van der Waals surface area contributed by atoms with E-state index in [1.807, 2.05) is 11.6 Å². The van der Waals surface area contributed by atoms with Crippen LogP contribution in [0.4, 0.5) is 0 Å². The van der Waals surface area contributed by atoms with Gasteiger partial charge in [-0.1, -0.05) is 20.8 Å². The highest BCUT2D eigenvalue weighted by Crippen LogP contribution is 2.28. The number of nitrogens with zero attached hydrogens (tertiary/aromatic N) is 1. The lowest BCUT2D eigenvalue weighted by Crippen LogP contribution is -2.55. The minimum absolute atomic E-state index is 0.0776. The molecule has 1 rings (SSSR count). The largest absolute Gasteiger partial charge is 0.257 e. The van der Waals surface area contributed by atoms with E-state index in [0.717, 1.165) is 19.4 Å². The molecule has 2 N–H and O–H groups in total. The molecule has 4 heteroatoms. The Bertz CT molecular complexity index is 312. The number of nitrogens with one attached hydrogen (secondary N) is 2. The van der Waals surface area contributed by atoms with Crippen molar-refractivity contribution < 1.29 is 0 Å². The van der Waals surface area contributed by atoms with Crippen molar-refractivity contribution >= 4 is 11.3 Å². The van der Waals surface area contributed by atoms with Gasteiger partial charge in [0.2, 0.25) is 0 Å². The van der Waals surface area contributed by atoms with Crippen molar-refractivity contribution in [2.24, 2.45) is 5.41 Å². The zero-order valence-electron chi connectivity index (χ0n) is 11.6. The van der Waals surface area contributed by atoms with E-state index in [4.69, 9.17) is 0 Å². The first-order valence-electron chi connectivity index (χ1n) is 6.21. The predicted octanol–water partition coefficient (Wildman–Crippen LogP) is 2.99. The molecule has 0 bridgehead atoms. The van der Waals surface area contributed by atoms with Gasteiger partial charge in [0.15, 0.2) is 0 Å². The Hall–Kier alpha value is -0.450. The van der Waals surface area contributed by atoms with Crippen molar-refractivity contribution in [1.82, 2.24) is 15.8 Å². The minimum Gasteiger partial charge on any atom is -0.257 e. The normalized spacial score (nSPS) is 13.0. The summed E-state index contributed by atoms with van der Waals surface area (Å²) in [5, 5.41) is 3.26. The fourth-order valence-corrected chi connectivity index (χ4v) is 1.84. The highest BCUT2D eigenvalue weighted by Gasteiger charge is 2.31. The lowest BCUT2D eigenvalue weighted by molar-refractivity contribution is 0.154. The molecule has 3 nitrogen and oxygen atoms in total.